The molecule has 0 saturated carbocycles. The van der Waals surface area contributed by atoms with Crippen LogP contribution in [0.25, 0.3) is 5.76 Å². The fourth-order valence-electron chi connectivity index (χ4n) is 4.03. The number of furan rings is 1. The van der Waals surface area contributed by atoms with Crippen molar-refractivity contribution in [1.82, 2.24) is 4.90 Å². The highest BCUT2D eigenvalue weighted by Gasteiger charge is 2.46. The van der Waals surface area contributed by atoms with Crippen molar-refractivity contribution in [3.05, 3.63) is 82.3 Å². The van der Waals surface area contributed by atoms with Crippen LogP contribution < -0.4 is 9.47 Å². The summed E-state index contributed by atoms with van der Waals surface area (Å²) in [5.41, 5.74) is 0.540. The zero-order chi connectivity index (χ0) is 25.1. The average molecular weight is 498 g/mol. The molecule has 2 heterocycles. The van der Waals surface area contributed by atoms with Gasteiger partial charge in [0, 0.05) is 6.07 Å². The summed E-state index contributed by atoms with van der Waals surface area (Å²) in [6.07, 6.45) is 1.46. The van der Waals surface area contributed by atoms with Crippen LogP contribution in [0.1, 0.15) is 36.8 Å². The van der Waals surface area contributed by atoms with Crippen LogP contribution in [0.3, 0.4) is 0 Å². The van der Waals surface area contributed by atoms with Gasteiger partial charge in [0.25, 0.3) is 11.7 Å². The maximum Gasteiger partial charge on any atom is 0.296 e. The zero-order valence-electron chi connectivity index (χ0n) is 19.2. The number of ether oxygens (including phenoxy) is 2. The molecule has 0 aliphatic carbocycles. The predicted octanol–water partition coefficient (Wildman–Crippen LogP) is 5.06. The minimum atomic E-state index is -0.987. The van der Waals surface area contributed by atoms with Gasteiger partial charge in [-0.05, 0) is 55.8 Å². The number of aliphatic hydroxyl groups excluding tert-OH is 1. The third-order valence-electron chi connectivity index (χ3n) is 5.55. The molecule has 1 saturated heterocycles. The highest BCUT2D eigenvalue weighted by Crippen LogP contribution is 2.43. The van der Waals surface area contributed by atoms with Gasteiger partial charge in [0.15, 0.2) is 0 Å². The van der Waals surface area contributed by atoms with E-state index >= 15 is 0 Å². The van der Waals surface area contributed by atoms with Gasteiger partial charge < -0.3 is 29.0 Å². The van der Waals surface area contributed by atoms with Crippen molar-refractivity contribution in [2.75, 3.05) is 13.2 Å². The number of carbonyl (C=O) groups excluding carboxylic acids is 2. The number of ketones is 1. The van der Waals surface area contributed by atoms with E-state index in [4.69, 9.17) is 25.5 Å². The lowest BCUT2D eigenvalue weighted by Crippen LogP contribution is -2.29. The lowest BCUT2D eigenvalue weighted by molar-refractivity contribution is -0.140. The standard InChI is InChI=1S/C26H24ClNO7/c1-3-33-16-8-9-18(21(13-16)34-4-2)24(30)22-23(15-7-10-20(29)19(27)12-15)28(26(32)25(22)31)14-17-6-5-11-35-17/h5-13,23,29-30H,3-4,14H2,1-2H3/b24-22-. The van der Waals surface area contributed by atoms with Gasteiger partial charge in [-0.2, -0.15) is 0 Å². The quantitative estimate of drug-likeness (QED) is 0.254. The summed E-state index contributed by atoms with van der Waals surface area (Å²) >= 11 is 6.14. The number of likely N-dealkylation sites (tertiary alicyclic amines) is 1. The fourth-order valence-corrected chi connectivity index (χ4v) is 4.22. The van der Waals surface area contributed by atoms with Gasteiger partial charge in [-0.25, -0.2) is 0 Å². The van der Waals surface area contributed by atoms with Gasteiger partial charge in [0.1, 0.15) is 28.8 Å². The number of hydrogen-bond donors (Lipinski definition) is 2. The second kappa shape index (κ2) is 10.1. The summed E-state index contributed by atoms with van der Waals surface area (Å²) in [7, 11) is 0. The van der Waals surface area contributed by atoms with Gasteiger partial charge in [-0.15, -0.1) is 0 Å². The summed E-state index contributed by atoms with van der Waals surface area (Å²) in [5.74, 6) is -0.920. The number of amides is 1. The van der Waals surface area contributed by atoms with Gasteiger partial charge in [-0.1, -0.05) is 17.7 Å². The summed E-state index contributed by atoms with van der Waals surface area (Å²) in [4.78, 5) is 27.7. The van der Waals surface area contributed by atoms with E-state index in [0.717, 1.165) is 0 Å². The van der Waals surface area contributed by atoms with Crippen LogP contribution in [-0.2, 0) is 16.1 Å². The molecule has 1 aromatic heterocycles. The highest BCUT2D eigenvalue weighted by molar-refractivity contribution is 6.46. The summed E-state index contributed by atoms with van der Waals surface area (Å²) in [6, 6.07) is 11.6. The Balaban J connectivity index is 1.89. The Bertz CT molecular complexity index is 1280. The maximum atomic E-state index is 13.2. The van der Waals surface area contributed by atoms with Crippen LogP contribution in [0.5, 0.6) is 17.2 Å². The van der Waals surface area contributed by atoms with Gasteiger partial charge >= 0.3 is 0 Å². The molecule has 2 aromatic carbocycles. The summed E-state index contributed by atoms with van der Waals surface area (Å²) in [6.45, 7) is 4.37. The van der Waals surface area contributed by atoms with Crippen molar-refractivity contribution in [2.24, 2.45) is 0 Å². The number of aliphatic hydroxyl groups is 1. The Morgan fingerprint density at radius 2 is 1.86 bits per heavy atom. The SMILES string of the molecule is CCOc1ccc(/C(O)=C2/C(=O)C(=O)N(Cc3ccco3)C2c2ccc(O)c(Cl)c2)c(OCC)c1. The number of phenols is 1. The Labute approximate surface area is 206 Å². The van der Waals surface area contributed by atoms with Gasteiger partial charge in [0.2, 0.25) is 0 Å². The molecule has 0 radical (unpaired) electrons. The van der Waals surface area contributed by atoms with Crippen molar-refractivity contribution in [3.63, 3.8) is 0 Å². The first-order valence-corrected chi connectivity index (χ1v) is 11.4. The Morgan fingerprint density at radius 3 is 2.51 bits per heavy atom. The van der Waals surface area contributed by atoms with E-state index in [9.17, 15) is 19.8 Å². The Kier molecular flexibility index (Phi) is 7.02. The van der Waals surface area contributed by atoms with Crippen LogP contribution in [0.15, 0.2) is 64.8 Å². The third kappa shape index (κ3) is 4.70. The molecular formula is C26H24ClNO7. The molecule has 9 heteroatoms. The molecule has 35 heavy (non-hydrogen) atoms. The number of rotatable bonds is 8. The normalized spacial score (nSPS) is 17.1. The first-order chi connectivity index (χ1) is 16.8. The van der Waals surface area contributed by atoms with E-state index in [2.05, 4.69) is 0 Å². The van der Waals surface area contributed by atoms with Crippen LogP contribution >= 0.6 is 11.6 Å². The second-order valence-corrected chi connectivity index (χ2v) is 8.15. The van der Waals surface area contributed by atoms with Crippen molar-refractivity contribution < 1.29 is 33.7 Å². The van der Waals surface area contributed by atoms with Gasteiger partial charge in [0.05, 0.1) is 48.2 Å². The van der Waals surface area contributed by atoms with E-state index in [0.29, 0.717) is 36.0 Å². The minimum absolute atomic E-state index is 0.0148. The largest absolute Gasteiger partial charge is 0.507 e. The van der Waals surface area contributed by atoms with Gasteiger partial charge in [-0.3, -0.25) is 9.59 Å². The van der Waals surface area contributed by atoms with E-state index in [-0.39, 0.29) is 28.5 Å². The van der Waals surface area contributed by atoms with Crippen LogP contribution in [0.2, 0.25) is 5.02 Å². The number of halogens is 1. The van der Waals surface area contributed by atoms with E-state index < -0.39 is 23.5 Å². The zero-order valence-corrected chi connectivity index (χ0v) is 19.9. The van der Waals surface area contributed by atoms with Crippen molar-refractivity contribution in [3.8, 4) is 17.2 Å². The number of Topliss-reactive ketones (excluding diaryl/α,β-unsaturated/α-hetero) is 1. The number of carbonyl (C=O) groups is 2. The molecule has 3 aromatic rings. The summed E-state index contributed by atoms with van der Waals surface area (Å²) < 4.78 is 16.6. The first kappa shape index (κ1) is 24.2. The van der Waals surface area contributed by atoms with Crippen LogP contribution in [0.4, 0.5) is 0 Å². The Hall–Kier alpha value is -3.91. The molecule has 1 fully saturated rings. The van der Waals surface area contributed by atoms with E-state index in [1.165, 1.54) is 23.3 Å². The maximum absolute atomic E-state index is 13.2. The van der Waals surface area contributed by atoms with E-state index in [1.54, 1.807) is 43.3 Å². The lowest BCUT2D eigenvalue weighted by atomic mass is 9.94. The molecule has 1 amide bonds. The Morgan fingerprint density at radius 1 is 1.09 bits per heavy atom. The van der Waals surface area contributed by atoms with Crippen molar-refractivity contribution in [2.45, 2.75) is 26.4 Å². The monoisotopic (exact) mass is 497 g/mol. The second-order valence-electron chi connectivity index (χ2n) is 7.74. The predicted molar refractivity (Wildman–Crippen MR) is 128 cm³/mol. The summed E-state index contributed by atoms with van der Waals surface area (Å²) in [5, 5.41) is 21.3. The van der Waals surface area contributed by atoms with E-state index in [1.807, 2.05) is 6.92 Å². The number of benzene rings is 2. The molecule has 0 bridgehead atoms. The molecule has 4 rings (SSSR count). The molecule has 2 N–H and O–H groups in total. The molecule has 1 aliphatic heterocycles. The highest BCUT2D eigenvalue weighted by atomic mass is 35.5. The fraction of sp³-hybridized carbons (Fsp3) is 0.231. The molecule has 0 spiro atoms. The van der Waals surface area contributed by atoms with Crippen molar-refractivity contribution in [1.29, 1.82) is 0 Å². The lowest BCUT2D eigenvalue weighted by Gasteiger charge is -2.25. The topological polar surface area (TPSA) is 109 Å². The number of aromatic hydroxyl groups is 1. The smallest absolute Gasteiger partial charge is 0.296 e. The molecular weight excluding hydrogens is 474 g/mol. The minimum Gasteiger partial charge on any atom is -0.507 e. The van der Waals surface area contributed by atoms with Crippen LogP contribution in [-0.4, -0.2) is 40.0 Å². The molecule has 8 nitrogen and oxygen atoms in total. The number of phenolic OH excluding ortho intramolecular Hbond substituents is 1. The molecule has 182 valence electrons. The van der Waals surface area contributed by atoms with Crippen molar-refractivity contribution >= 4 is 29.1 Å². The third-order valence-corrected chi connectivity index (χ3v) is 5.86. The molecule has 1 aliphatic rings. The molecule has 1 atom stereocenters. The molecule has 1 unspecified atom stereocenters. The number of nitrogens with zero attached hydrogens (tertiary/aromatic N) is 1. The first-order valence-electron chi connectivity index (χ1n) is 11.0. The average Bonchev–Trinajstić information content (AvgIpc) is 3.44. The van der Waals surface area contributed by atoms with Crippen LogP contribution in [0, 0.1) is 0 Å². The number of hydrogen-bond acceptors (Lipinski definition) is 7.